The molecular formula is C17H17F3N4O3S. The first-order valence-electron chi connectivity index (χ1n) is 8.78. The number of alkyl halides is 3. The molecule has 2 aromatic rings. The average molecular weight is 414 g/mol. The fourth-order valence-corrected chi connectivity index (χ4v) is 4.66. The quantitative estimate of drug-likeness (QED) is 0.808. The molecule has 0 saturated heterocycles. The Kier molecular flexibility index (Phi) is 4.36. The molecule has 1 aromatic carbocycles. The molecule has 0 aliphatic heterocycles. The molecule has 0 radical (unpaired) electrons. The highest BCUT2D eigenvalue weighted by Gasteiger charge is 2.34. The van der Waals surface area contributed by atoms with E-state index in [1.54, 1.807) is 4.72 Å². The number of hydrogen-bond acceptors (Lipinski definition) is 4. The Morgan fingerprint density at radius 1 is 1.07 bits per heavy atom. The number of anilines is 1. The van der Waals surface area contributed by atoms with Gasteiger partial charge < -0.3 is 5.32 Å². The molecule has 0 atom stereocenters. The van der Waals surface area contributed by atoms with Gasteiger partial charge in [-0.15, -0.1) is 4.09 Å². The molecule has 150 valence electrons. The molecule has 0 spiro atoms. The van der Waals surface area contributed by atoms with Crippen molar-refractivity contribution in [1.82, 2.24) is 13.9 Å². The Labute approximate surface area is 159 Å². The van der Waals surface area contributed by atoms with Crippen molar-refractivity contribution in [2.75, 3.05) is 5.32 Å². The first kappa shape index (κ1) is 18.8. The van der Waals surface area contributed by atoms with Crippen LogP contribution in [-0.4, -0.2) is 23.6 Å². The number of halogens is 3. The average Bonchev–Trinajstić information content (AvgIpc) is 3.33. The van der Waals surface area contributed by atoms with E-state index in [0.29, 0.717) is 18.1 Å². The molecule has 28 heavy (non-hydrogen) atoms. The topological polar surface area (TPSA) is 93.1 Å². The first-order chi connectivity index (χ1) is 13.1. The van der Waals surface area contributed by atoms with Crippen molar-refractivity contribution in [3.63, 3.8) is 0 Å². The van der Waals surface area contributed by atoms with Gasteiger partial charge in [-0.25, -0.2) is 9.52 Å². The highest BCUT2D eigenvalue weighted by atomic mass is 32.2. The van der Waals surface area contributed by atoms with Crippen molar-refractivity contribution in [3.05, 3.63) is 46.3 Å². The fourth-order valence-electron chi connectivity index (χ4n) is 3.85. The summed E-state index contributed by atoms with van der Waals surface area (Å²) < 4.78 is 64.2. The summed E-state index contributed by atoms with van der Waals surface area (Å²) in [6.45, 7) is 0. The second kappa shape index (κ2) is 6.50. The Hall–Kier alpha value is -2.56. The van der Waals surface area contributed by atoms with E-state index in [-0.39, 0.29) is 4.09 Å². The number of carbonyl (C=O) groups excluding carboxylic acids is 1. The van der Waals surface area contributed by atoms with Crippen molar-refractivity contribution < 1.29 is 26.4 Å². The normalized spacial score (nSPS) is 16.0. The molecule has 11 heteroatoms. The summed E-state index contributed by atoms with van der Waals surface area (Å²) in [4.78, 5) is 12.3. The zero-order valence-corrected chi connectivity index (χ0v) is 15.5. The summed E-state index contributed by atoms with van der Waals surface area (Å²) in [6.07, 6.45) is 1.27. The standard InChI is InChI=1S/C17H17F3N4O3S/c18-17(19,20)12-8-21-24(9-12)28(26,27)23-16(25)22-15-13-5-1-3-10(13)7-11-4-2-6-14(11)15/h7-9H,1-6H2,(H2,22,23,25). The van der Waals surface area contributed by atoms with E-state index in [9.17, 15) is 26.4 Å². The maximum absolute atomic E-state index is 12.6. The van der Waals surface area contributed by atoms with E-state index in [0.717, 1.165) is 60.8 Å². The molecule has 0 unspecified atom stereocenters. The Morgan fingerprint density at radius 3 is 2.21 bits per heavy atom. The van der Waals surface area contributed by atoms with Gasteiger partial charge in [-0.1, -0.05) is 6.07 Å². The first-order valence-corrected chi connectivity index (χ1v) is 10.2. The summed E-state index contributed by atoms with van der Waals surface area (Å²) in [5.41, 5.74) is 3.73. The number of aryl methyl sites for hydroxylation is 2. The predicted molar refractivity (Wildman–Crippen MR) is 94.2 cm³/mol. The summed E-state index contributed by atoms with van der Waals surface area (Å²) in [7, 11) is -4.60. The number of amides is 2. The molecule has 2 amide bonds. The zero-order valence-electron chi connectivity index (χ0n) is 14.6. The van der Waals surface area contributed by atoms with Gasteiger partial charge in [0.2, 0.25) is 0 Å². The van der Waals surface area contributed by atoms with Crippen LogP contribution in [0.1, 0.15) is 40.7 Å². The predicted octanol–water partition coefficient (Wildman–Crippen LogP) is 2.79. The van der Waals surface area contributed by atoms with Gasteiger partial charge in [-0.3, -0.25) is 0 Å². The highest BCUT2D eigenvalue weighted by Crippen LogP contribution is 2.38. The number of carbonyl (C=O) groups is 1. The van der Waals surface area contributed by atoms with Crippen LogP contribution in [0.15, 0.2) is 18.5 Å². The minimum atomic E-state index is -4.73. The monoisotopic (exact) mass is 414 g/mol. The molecule has 2 aliphatic carbocycles. The number of fused-ring (bicyclic) bond motifs is 2. The second-order valence-corrected chi connectivity index (χ2v) is 8.42. The van der Waals surface area contributed by atoms with Crippen LogP contribution in [0.25, 0.3) is 0 Å². The Morgan fingerprint density at radius 2 is 1.68 bits per heavy atom. The number of rotatable bonds is 3. The lowest BCUT2D eigenvalue weighted by molar-refractivity contribution is -0.137. The van der Waals surface area contributed by atoms with Gasteiger partial charge in [0, 0.05) is 5.69 Å². The fraction of sp³-hybridized carbons (Fsp3) is 0.412. The van der Waals surface area contributed by atoms with Crippen molar-refractivity contribution in [2.24, 2.45) is 0 Å². The number of nitrogens with one attached hydrogen (secondary N) is 2. The molecule has 0 bridgehead atoms. The van der Waals surface area contributed by atoms with Crippen molar-refractivity contribution in [1.29, 1.82) is 0 Å². The third-order valence-corrected chi connectivity index (χ3v) is 6.20. The van der Waals surface area contributed by atoms with E-state index in [1.807, 2.05) is 0 Å². The van der Waals surface area contributed by atoms with Crippen molar-refractivity contribution >= 4 is 21.9 Å². The van der Waals surface area contributed by atoms with Gasteiger partial charge in [-0.05, 0) is 60.8 Å². The maximum Gasteiger partial charge on any atom is 0.419 e. The van der Waals surface area contributed by atoms with E-state index >= 15 is 0 Å². The zero-order chi connectivity index (χ0) is 20.1. The van der Waals surface area contributed by atoms with Crippen LogP contribution in [0.4, 0.5) is 23.7 Å². The molecule has 1 aromatic heterocycles. The number of hydrogen-bond donors (Lipinski definition) is 2. The van der Waals surface area contributed by atoms with E-state index < -0.39 is 28.0 Å². The van der Waals surface area contributed by atoms with Crippen LogP contribution in [0.3, 0.4) is 0 Å². The van der Waals surface area contributed by atoms with E-state index in [1.165, 1.54) is 0 Å². The summed E-state index contributed by atoms with van der Waals surface area (Å²) >= 11 is 0. The van der Waals surface area contributed by atoms with Crippen LogP contribution in [0, 0.1) is 0 Å². The highest BCUT2D eigenvalue weighted by molar-refractivity contribution is 7.88. The van der Waals surface area contributed by atoms with Crippen LogP contribution in [0.5, 0.6) is 0 Å². The lowest BCUT2D eigenvalue weighted by atomic mass is 9.99. The lowest BCUT2D eigenvalue weighted by Crippen LogP contribution is -2.38. The largest absolute Gasteiger partial charge is 0.419 e. The minimum absolute atomic E-state index is 0.0925. The van der Waals surface area contributed by atoms with Crippen molar-refractivity contribution in [3.8, 4) is 0 Å². The summed E-state index contributed by atoms with van der Waals surface area (Å²) in [5, 5.41) is 5.81. The molecule has 2 aliphatic rings. The lowest BCUT2D eigenvalue weighted by Gasteiger charge is -2.16. The van der Waals surface area contributed by atoms with Crippen LogP contribution >= 0.6 is 0 Å². The van der Waals surface area contributed by atoms with E-state index in [2.05, 4.69) is 16.5 Å². The number of urea groups is 1. The molecular weight excluding hydrogens is 397 g/mol. The Balaban J connectivity index is 1.56. The van der Waals surface area contributed by atoms with Gasteiger partial charge in [0.25, 0.3) is 0 Å². The molecule has 0 saturated carbocycles. The third-order valence-electron chi connectivity index (χ3n) is 5.07. The molecule has 2 N–H and O–H groups in total. The van der Waals surface area contributed by atoms with Crippen LogP contribution in [0.2, 0.25) is 0 Å². The van der Waals surface area contributed by atoms with Gasteiger partial charge in [-0.2, -0.15) is 26.7 Å². The Bertz CT molecular complexity index is 1030. The number of benzene rings is 1. The van der Waals surface area contributed by atoms with Gasteiger partial charge >= 0.3 is 22.4 Å². The molecule has 0 fully saturated rings. The summed E-state index contributed by atoms with van der Waals surface area (Å²) in [6, 6.07) is 1.13. The maximum atomic E-state index is 12.6. The minimum Gasteiger partial charge on any atom is -0.307 e. The van der Waals surface area contributed by atoms with E-state index in [4.69, 9.17) is 0 Å². The van der Waals surface area contributed by atoms with Crippen LogP contribution in [-0.2, 0) is 42.1 Å². The molecule has 4 rings (SSSR count). The third kappa shape index (κ3) is 3.34. The number of aromatic nitrogens is 2. The SMILES string of the molecule is O=C(Nc1c2c(cc3c1CCC3)CCC2)NS(=O)(=O)n1cc(C(F)(F)F)cn1. The molecule has 1 heterocycles. The number of nitrogens with zero attached hydrogens (tertiary/aromatic N) is 2. The van der Waals surface area contributed by atoms with Crippen LogP contribution < -0.4 is 10.0 Å². The smallest absolute Gasteiger partial charge is 0.307 e. The van der Waals surface area contributed by atoms with Crippen molar-refractivity contribution in [2.45, 2.75) is 44.7 Å². The van der Waals surface area contributed by atoms with Gasteiger partial charge in [0.15, 0.2) is 0 Å². The van der Waals surface area contributed by atoms with Gasteiger partial charge in [0.1, 0.15) is 0 Å². The second-order valence-electron chi connectivity index (χ2n) is 6.89. The summed E-state index contributed by atoms with van der Waals surface area (Å²) in [5.74, 6) is 0. The molecule has 7 nitrogen and oxygen atoms in total. The van der Waals surface area contributed by atoms with Gasteiger partial charge in [0.05, 0.1) is 18.0 Å².